The van der Waals surface area contributed by atoms with Crippen molar-refractivity contribution in [3.8, 4) is 0 Å². The first kappa shape index (κ1) is 13.0. The zero-order valence-electron chi connectivity index (χ0n) is 9.89. The van der Waals surface area contributed by atoms with Crippen LogP contribution in [0, 0.1) is 0 Å². The van der Waals surface area contributed by atoms with Crippen molar-refractivity contribution < 1.29 is 8.42 Å². The Morgan fingerprint density at radius 3 is 3.06 bits per heavy atom. The lowest BCUT2D eigenvalue weighted by molar-refractivity contribution is 0.590. The standard InChI is InChI=1S/C11H16N4O2S/c12-18(16,17)6-2-4-13-7-9-8-15-11-10(9)3-1-5-14-11/h1,3,5,8,13H,2,4,6-7H2,(H,14,15)(H2,12,16,17). The summed E-state index contributed by atoms with van der Waals surface area (Å²) in [4.78, 5) is 7.29. The molecule has 7 heteroatoms. The molecule has 0 spiro atoms. The molecule has 2 heterocycles. The number of aromatic amines is 1. The summed E-state index contributed by atoms with van der Waals surface area (Å²) in [5.74, 6) is 0.00937. The average molecular weight is 268 g/mol. The van der Waals surface area contributed by atoms with Gasteiger partial charge in [-0.1, -0.05) is 0 Å². The summed E-state index contributed by atoms with van der Waals surface area (Å²) in [7, 11) is -3.35. The zero-order valence-corrected chi connectivity index (χ0v) is 10.7. The Bertz CT molecular complexity index is 621. The van der Waals surface area contributed by atoms with Crippen molar-refractivity contribution in [3.63, 3.8) is 0 Å². The third-order valence-corrected chi connectivity index (χ3v) is 3.49. The summed E-state index contributed by atoms with van der Waals surface area (Å²) >= 11 is 0. The number of hydrogen-bond donors (Lipinski definition) is 3. The summed E-state index contributed by atoms with van der Waals surface area (Å²) in [6.45, 7) is 1.29. The second kappa shape index (κ2) is 5.47. The largest absolute Gasteiger partial charge is 0.346 e. The van der Waals surface area contributed by atoms with Crippen LogP contribution in [0.2, 0.25) is 0 Å². The van der Waals surface area contributed by atoms with Crippen LogP contribution in [0.1, 0.15) is 12.0 Å². The van der Waals surface area contributed by atoms with E-state index in [2.05, 4.69) is 15.3 Å². The van der Waals surface area contributed by atoms with Crippen molar-refractivity contribution in [1.29, 1.82) is 0 Å². The molecule has 2 aromatic heterocycles. The number of aromatic nitrogens is 2. The van der Waals surface area contributed by atoms with Crippen LogP contribution in [-0.4, -0.2) is 30.7 Å². The molecule has 4 N–H and O–H groups in total. The molecule has 0 unspecified atom stereocenters. The van der Waals surface area contributed by atoms with Gasteiger partial charge in [-0.2, -0.15) is 0 Å². The Labute approximate surface area is 106 Å². The van der Waals surface area contributed by atoms with Crippen LogP contribution < -0.4 is 10.5 Å². The number of primary sulfonamides is 1. The minimum atomic E-state index is -3.35. The van der Waals surface area contributed by atoms with Crippen LogP contribution >= 0.6 is 0 Å². The minimum Gasteiger partial charge on any atom is -0.346 e. The fourth-order valence-electron chi connectivity index (χ4n) is 1.78. The maximum Gasteiger partial charge on any atom is 0.209 e. The minimum absolute atomic E-state index is 0.00937. The first-order valence-corrected chi connectivity index (χ1v) is 7.40. The van der Waals surface area contributed by atoms with Crippen molar-refractivity contribution in [3.05, 3.63) is 30.1 Å². The van der Waals surface area contributed by atoms with Crippen LogP contribution in [0.25, 0.3) is 11.0 Å². The Morgan fingerprint density at radius 1 is 1.44 bits per heavy atom. The highest BCUT2D eigenvalue weighted by Crippen LogP contribution is 2.14. The molecule has 6 nitrogen and oxygen atoms in total. The van der Waals surface area contributed by atoms with Gasteiger partial charge in [0, 0.05) is 24.3 Å². The van der Waals surface area contributed by atoms with E-state index in [9.17, 15) is 8.42 Å². The highest BCUT2D eigenvalue weighted by atomic mass is 32.2. The Hall–Kier alpha value is -1.44. The molecule has 0 saturated heterocycles. The number of pyridine rings is 1. The van der Waals surface area contributed by atoms with E-state index in [1.165, 1.54) is 0 Å². The summed E-state index contributed by atoms with van der Waals surface area (Å²) in [5.41, 5.74) is 1.98. The van der Waals surface area contributed by atoms with Crippen LogP contribution in [0.5, 0.6) is 0 Å². The van der Waals surface area contributed by atoms with E-state index in [1.54, 1.807) is 6.20 Å². The number of fused-ring (bicyclic) bond motifs is 1. The molecule has 0 aliphatic carbocycles. The molecule has 0 aliphatic heterocycles. The third-order valence-electron chi connectivity index (χ3n) is 2.63. The van der Waals surface area contributed by atoms with Gasteiger partial charge >= 0.3 is 0 Å². The molecular weight excluding hydrogens is 252 g/mol. The van der Waals surface area contributed by atoms with E-state index in [4.69, 9.17) is 5.14 Å². The lowest BCUT2D eigenvalue weighted by Crippen LogP contribution is -2.21. The molecule has 18 heavy (non-hydrogen) atoms. The first-order valence-electron chi connectivity index (χ1n) is 5.68. The van der Waals surface area contributed by atoms with Gasteiger partial charge in [0.15, 0.2) is 0 Å². The topological polar surface area (TPSA) is 101 Å². The fourth-order valence-corrected chi connectivity index (χ4v) is 2.33. The van der Waals surface area contributed by atoms with E-state index >= 15 is 0 Å². The number of hydrogen-bond acceptors (Lipinski definition) is 4. The molecule has 0 aromatic carbocycles. The van der Waals surface area contributed by atoms with Gasteiger partial charge in [0.25, 0.3) is 0 Å². The number of nitrogens with zero attached hydrogens (tertiary/aromatic N) is 1. The first-order chi connectivity index (χ1) is 8.56. The molecule has 98 valence electrons. The highest BCUT2D eigenvalue weighted by Gasteiger charge is 2.04. The van der Waals surface area contributed by atoms with E-state index in [1.807, 2.05) is 18.3 Å². The van der Waals surface area contributed by atoms with Crippen LogP contribution in [-0.2, 0) is 16.6 Å². The summed E-state index contributed by atoms with van der Waals surface area (Å²) in [5, 5.41) is 9.18. The molecule has 2 rings (SSSR count). The number of sulfonamides is 1. The smallest absolute Gasteiger partial charge is 0.209 e. The molecule has 0 bridgehead atoms. The van der Waals surface area contributed by atoms with Gasteiger partial charge in [0.05, 0.1) is 5.75 Å². The lowest BCUT2D eigenvalue weighted by atomic mass is 10.2. The van der Waals surface area contributed by atoms with Crippen molar-refractivity contribution in [2.24, 2.45) is 5.14 Å². The SMILES string of the molecule is NS(=O)(=O)CCCNCc1c[nH]c2ncccc12. The summed E-state index contributed by atoms with van der Waals surface area (Å²) < 4.78 is 21.5. The van der Waals surface area contributed by atoms with Crippen molar-refractivity contribution in [2.75, 3.05) is 12.3 Å². The third kappa shape index (κ3) is 3.52. The number of nitrogens with two attached hydrogens (primary N) is 1. The van der Waals surface area contributed by atoms with E-state index < -0.39 is 10.0 Å². The molecule has 0 aliphatic rings. The van der Waals surface area contributed by atoms with Crippen molar-refractivity contribution in [2.45, 2.75) is 13.0 Å². The average Bonchev–Trinajstić information content (AvgIpc) is 2.71. The molecule has 0 atom stereocenters. The summed E-state index contributed by atoms with van der Waals surface area (Å²) in [6.07, 6.45) is 4.16. The number of H-pyrrole nitrogens is 1. The van der Waals surface area contributed by atoms with E-state index in [0.29, 0.717) is 19.5 Å². The summed E-state index contributed by atoms with van der Waals surface area (Å²) in [6, 6.07) is 3.89. The predicted octanol–water partition coefficient (Wildman–Crippen LogP) is 0.331. The van der Waals surface area contributed by atoms with Crippen LogP contribution in [0.4, 0.5) is 0 Å². The molecular formula is C11H16N4O2S. The molecule has 2 aromatic rings. The van der Waals surface area contributed by atoms with Gasteiger partial charge < -0.3 is 10.3 Å². The van der Waals surface area contributed by atoms with Gasteiger partial charge in [-0.15, -0.1) is 0 Å². The van der Waals surface area contributed by atoms with Gasteiger partial charge in [-0.05, 0) is 30.7 Å². The zero-order chi connectivity index (χ0) is 13.0. The van der Waals surface area contributed by atoms with Crippen LogP contribution in [0.15, 0.2) is 24.5 Å². The predicted molar refractivity (Wildman–Crippen MR) is 70.4 cm³/mol. The second-order valence-corrected chi connectivity index (χ2v) is 5.84. The Kier molecular flexibility index (Phi) is 3.95. The molecule has 0 amide bonds. The Balaban J connectivity index is 1.84. The number of nitrogens with one attached hydrogen (secondary N) is 2. The lowest BCUT2D eigenvalue weighted by Gasteiger charge is -2.03. The van der Waals surface area contributed by atoms with Crippen LogP contribution in [0.3, 0.4) is 0 Å². The monoisotopic (exact) mass is 268 g/mol. The van der Waals surface area contributed by atoms with E-state index in [0.717, 1.165) is 16.6 Å². The maximum absolute atomic E-state index is 10.7. The molecule has 0 saturated carbocycles. The quantitative estimate of drug-likeness (QED) is 0.657. The highest BCUT2D eigenvalue weighted by molar-refractivity contribution is 7.89. The van der Waals surface area contributed by atoms with Crippen molar-refractivity contribution >= 4 is 21.1 Å². The molecule has 0 fully saturated rings. The van der Waals surface area contributed by atoms with Gasteiger partial charge in [-0.3, -0.25) is 0 Å². The fraction of sp³-hybridized carbons (Fsp3) is 0.364. The maximum atomic E-state index is 10.7. The van der Waals surface area contributed by atoms with Gasteiger partial charge in [0.2, 0.25) is 10.0 Å². The normalized spacial score (nSPS) is 12.1. The Morgan fingerprint density at radius 2 is 2.28 bits per heavy atom. The number of rotatable bonds is 6. The second-order valence-electron chi connectivity index (χ2n) is 4.11. The van der Waals surface area contributed by atoms with Crippen molar-refractivity contribution in [1.82, 2.24) is 15.3 Å². The molecule has 0 radical (unpaired) electrons. The van der Waals surface area contributed by atoms with E-state index in [-0.39, 0.29) is 5.75 Å². The van der Waals surface area contributed by atoms with Gasteiger partial charge in [-0.25, -0.2) is 18.5 Å². The van der Waals surface area contributed by atoms with Gasteiger partial charge in [0.1, 0.15) is 5.65 Å².